The Labute approximate surface area is 131 Å². The lowest BCUT2D eigenvalue weighted by Gasteiger charge is -2.11. The van der Waals surface area contributed by atoms with Gasteiger partial charge in [-0.15, -0.1) is 0 Å². The van der Waals surface area contributed by atoms with E-state index in [9.17, 15) is 0 Å². The molecule has 0 saturated heterocycles. The van der Waals surface area contributed by atoms with Gasteiger partial charge in [-0.25, -0.2) is 0 Å². The number of nitrogens with one attached hydrogen (secondary N) is 1. The number of aryl methyl sites for hydroxylation is 1. The second-order valence-corrected chi connectivity index (χ2v) is 5.73. The molecule has 2 rings (SSSR count). The molecule has 19 heavy (non-hydrogen) atoms. The van der Waals surface area contributed by atoms with Crippen LogP contribution in [-0.2, 0) is 13.1 Å². The van der Waals surface area contributed by atoms with Crippen molar-refractivity contribution in [1.82, 2.24) is 9.78 Å². The first kappa shape index (κ1) is 14.7. The molecule has 0 spiro atoms. The topological polar surface area (TPSA) is 29.9 Å². The smallest absolute Gasteiger partial charge is 0.0835 e. The van der Waals surface area contributed by atoms with E-state index < -0.39 is 0 Å². The summed E-state index contributed by atoms with van der Waals surface area (Å²) in [5.41, 5.74) is 1.94. The summed E-state index contributed by atoms with van der Waals surface area (Å²) in [7, 11) is 0. The van der Waals surface area contributed by atoms with Crippen LogP contribution in [0.15, 0.2) is 28.9 Å². The Morgan fingerprint density at radius 3 is 2.79 bits per heavy atom. The van der Waals surface area contributed by atoms with Crippen LogP contribution in [0.25, 0.3) is 0 Å². The minimum Gasteiger partial charge on any atom is -0.378 e. The normalized spacial score (nSPS) is 10.7. The van der Waals surface area contributed by atoms with Crippen LogP contribution in [0.5, 0.6) is 0 Å². The van der Waals surface area contributed by atoms with Gasteiger partial charge in [0.15, 0.2) is 0 Å². The number of nitrogens with zero attached hydrogens (tertiary/aromatic N) is 2. The molecule has 0 aliphatic carbocycles. The van der Waals surface area contributed by atoms with Gasteiger partial charge in [0.25, 0.3) is 0 Å². The summed E-state index contributed by atoms with van der Waals surface area (Å²) in [4.78, 5) is 0. The van der Waals surface area contributed by atoms with Gasteiger partial charge in [-0.3, -0.25) is 4.68 Å². The predicted molar refractivity (Wildman–Crippen MR) is 84.0 cm³/mol. The molecule has 0 bridgehead atoms. The highest BCUT2D eigenvalue weighted by Crippen LogP contribution is 2.35. The van der Waals surface area contributed by atoms with Crippen molar-refractivity contribution in [1.29, 1.82) is 0 Å². The molecule has 0 aliphatic heterocycles. The van der Waals surface area contributed by atoms with Gasteiger partial charge in [-0.1, -0.05) is 30.1 Å². The average Bonchev–Trinajstić information content (AvgIpc) is 2.83. The Morgan fingerprint density at radius 2 is 2.05 bits per heavy atom. The third-order valence-electron chi connectivity index (χ3n) is 2.74. The van der Waals surface area contributed by atoms with E-state index >= 15 is 0 Å². The van der Waals surface area contributed by atoms with Crippen molar-refractivity contribution >= 4 is 44.8 Å². The zero-order valence-electron chi connectivity index (χ0n) is 10.5. The average molecular weight is 363 g/mol. The number of anilines is 1. The van der Waals surface area contributed by atoms with Crippen molar-refractivity contribution in [3.8, 4) is 0 Å². The standard InChI is InChI=1S/C13H14BrCl2N3/c1-2-7-19-9(5-6-18-19)8-17-11-4-3-10(14)12(15)13(11)16/h3-6,17H,2,7-8H2,1H3. The van der Waals surface area contributed by atoms with E-state index in [1.165, 1.54) is 0 Å². The van der Waals surface area contributed by atoms with E-state index in [1.807, 2.05) is 29.1 Å². The minimum absolute atomic E-state index is 0.522. The van der Waals surface area contributed by atoms with Gasteiger partial charge < -0.3 is 5.32 Å². The molecule has 1 N–H and O–H groups in total. The van der Waals surface area contributed by atoms with Gasteiger partial charge in [0.05, 0.1) is 28.0 Å². The van der Waals surface area contributed by atoms with Gasteiger partial charge in [-0.05, 0) is 40.5 Å². The van der Waals surface area contributed by atoms with E-state index in [0.29, 0.717) is 16.6 Å². The molecule has 0 atom stereocenters. The monoisotopic (exact) mass is 361 g/mol. The highest BCUT2D eigenvalue weighted by atomic mass is 79.9. The van der Waals surface area contributed by atoms with Crippen molar-refractivity contribution in [3.63, 3.8) is 0 Å². The molecular weight excluding hydrogens is 349 g/mol. The fourth-order valence-electron chi connectivity index (χ4n) is 1.77. The third-order valence-corrected chi connectivity index (χ3v) is 4.51. The summed E-state index contributed by atoms with van der Waals surface area (Å²) < 4.78 is 2.78. The maximum Gasteiger partial charge on any atom is 0.0835 e. The van der Waals surface area contributed by atoms with Crippen molar-refractivity contribution in [2.75, 3.05) is 5.32 Å². The predicted octanol–water partition coefficient (Wildman–Crippen LogP) is 4.97. The molecule has 2 aromatic rings. The molecule has 6 heteroatoms. The first-order valence-corrected chi connectivity index (χ1v) is 7.56. The van der Waals surface area contributed by atoms with Gasteiger partial charge in [-0.2, -0.15) is 5.10 Å². The SMILES string of the molecule is CCCn1nccc1CNc1ccc(Br)c(Cl)c1Cl. The third kappa shape index (κ3) is 3.44. The molecule has 1 heterocycles. The van der Waals surface area contributed by atoms with Crippen LogP contribution in [0.3, 0.4) is 0 Å². The fourth-order valence-corrected chi connectivity index (χ4v) is 2.61. The van der Waals surface area contributed by atoms with E-state index in [0.717, 1.165) is 28.8 Å². The van der Waals surface area contributed by atoms with Crippen LogP contribution in [0.2, 0.25) is 10.0 Å². The van der Waals surface area contributed by atoms with Gasteiger partial charge >= 0.3 is 0 Å². The largest absolute Gasteiger partial charge is 0.378 e. The zero-order valence-corrected chi connectivity index (χ0v) is 13.6. The molecule has 0 aliphatic rings. The molecule has 0 saturated carbocycles. The van der Waals surface area contributed by atoms with Crippen molar-refractivity contribution in [2.24, 2.45) is 0 Å². The highest BCUT2D eigenvalue weighted by molar-refractivity contribution is 9.10. The number of rotatable bonds is 5. The van der Waals surface area contributed by atoms with E-state index in [2.05, 4.69) is 33.3 Å². The minimum atomic E-state index is 0.522. The van der Waals surface area contributed by atoms with Crippen molar-refractivity contribution in [2.45, 2.75) is 26.4 Å². The maximum atomic E-state index is 6.19. The summed E-state index contributed by atoms with van der Waals surface area (Å²) >= 11 is 15.6. The Balaban J connectivity index is 2.10. The second kappa shape index (κ2) is 6.64. The quantitative estimate of drug-likeness (QED) is 0.760. The van der Waals surface area contributed by atoms with Gasteiger partial charge in [0.1, 0.15) is 0 Å². The first-order valence-electron chi connectivity index (χ1n) is 6.01. The Morgan fingerprint density at radius 1 is 1.26 bits per heavy atom. The molecule has 0 amide bonds. The molecule has 1 aromatic carbocycles. The summed E-state index contributed by atoms with van der Waals surface area (Å²) in [6, 6.07) is 5.77. The van der Waals surface area contributed by atoms with E-state index in [4.69, 9.17) is 23.2 Å². The van der Waals surface area contributed by atoms with Crippen molar-refractivity contribution < 1.29 is 0 Å². The number of hydrogen-bond donors (Lipinski definition) is 1. The lowest BCUT2D eigenvalue weighted by Crippen LogP contribution is -2.09. The van der Waals surface area contributed by atoms with Crippen LogP contribution in [0.4, 0.5) is 5.69 Å². The van der Waals surface area contributed by atoms with Crippen LogP contribution in [0.1, 0.15) is 19.0 Å². The van der Waals surface area contributed by atoms with Crippen LogP contribution in [0, 0.1) is 0 Å². The lowest BCUT2D eigenvalue weighted by atomic mass is 10.3. The first-order chi connectivity index (χ1) is 9.13. The molecule has 1 aromatic heterocycles. The summed E-state index contributed by atoms with van der Waals surface area (Å²) in [6.07, 6.45) is 2.86. The van der Waals surface area contributed by atoms with Crippen LogP contribution >= 0.6 is 39.1 Å². The molecular formula is C13H14BrCl2N3. The maximum absolute atomic E-state index is 6.19. The number of halogens is 3. The summed E-state index contributed by atoms with van der Waals surface area (Å²) in [5, 5.41) is 8.61. The second-order valence-electron chi connectivity index (χ2n) is 4.12. The Kier molecular flexibility index (Phi) is 5.13. The number of benzene rings is 1. The van der Waals surface area contributed by atoms with Crippen LogP contribution in [-0.4, -0.2) is 9.78 Å². The van der Waals surface area contributed by atoms with E-state index in [1.54, 1.807) is 0 Å². The summed E-state index contributed by atoms with van der Waals surface area (Å²) in [6.45, 7) is 3.71. The molecule has 102 valence electrons. The highest BCUT2D eigenvalue weighted by Gasteiger charge is 2.09. The van der Waals surface area contributed by atoms with Gasteiger partial charge in [0, 0.05) is 17.2 Å². The number of hydrogen-bond acceptors (Lipinski definition) is 2. The van der Waals surface area contributed by atoms with Crippen molar-refractivity contribution in [3.05, 3.63) is 44.6 Å². The van der Waals surface area contributed by atoms with Crippen LogP contribution < -0.4 is 5.32 Å². The lowest BCUT2D eigenvalue weighted by molar-refractivity contribution is 0.578. The summed E-state index contributed by atoms with van der Waals surface area (Å²) in [5.74, 6) is 0. The molecule has 0 fully saturated rings. The molecule has 3 nitrogen and oxygen atoms in total. The fraction of sp³-hybridized carbons (Fsp3) is 0.308. The Bertz CT molecular complexity index is 569. The Hall–Kier alpha value is -0.710. The van der Waals surface area contributed by atoms with Gasteiger partial charge in [0.2, 0.25) is 0 Å². The number of aromatic nitrogens is 2. The van der Waals surface area contributed by atoms with E-state index in [-0.39, 0.29) is 0 Å². The molecule has 0 radical (unpaired) electrons. The zero-order chi connectivity index (χ0) is 13.8. The molecule has 0 unspecified atom stereocenters.